The van der Waals surface area contributed by atoms with Crippen LogP contribution in [0.4, 0.5) is 5.69 Å². The van der Waals surface area contributed by atoms with Crippen molar-refractivity contribution in [3.63, 3.8) is 0 Å². The molecule has 0 aliphatic rings. The van der Waals surface area contributed by atoms with Gasteiger partial charge in [0.2, 0.25) is 5.91 Å². The Hall–Kier alpha value is -2.30. The number of hydrogen-bond acceptors (Lipinski definition) is 4. The van der Waals surface area contributed by atoms with Gasteiger partial charge in [-0.25, -0.2) is 0 Å². The molecule has 0 saturated carbocycles. The first-order valence-electron chi connectivity index (χ1n) is 8.22. The van der Waals surface area contributed by atoms with Gasteiger partial charge >= 0.3 is 0 Å². The Kier molecular flexibility index (Phi) is 5.02. The summed E-state index contributed by atoms with van der Waals surface area (Å²) in [6, 6.07) is 5.77. The fourth-order valence-electron chi connectivity index (χ4n) is 2.43. The summed E-state index contributed by atoms with van der Waals surface area (Å²) in [6.07, 6.45) is 0. The molecule has 1 heterocycles. The number of carbonyl (C=O) groups excluding carboxylic acids is 1. The highest BCUT2D eigenvalue weighted by Gasteiger charge is 2.29. The number of nitrogens with two attached hydrogens (primary N) is 1. The molecule has 5 heteroatoms. The molecule has 3 N–H and O–H groups in total. The Balaban J connectivity index is 2.31. The van der Waals surface area contributed by atoms with Crippen LogP contribution in [0.5, 0.6) is 5.75 Å². The zero-order valence-corrected chi connectivity index (χ0v) is 15.4. The summed E-state index contributed by atoms with van der Waals surface area (Å²) in [5, 5.41) is 3.73. The lowest BCUT2D eigenvalue weighted by atomic mass is 9.93. The van der Waals surface area contributed by atoms with E-state index >= 15 is 0 Å². The van der Waals surface area contributed by atoms with Crippen LogP contribution in [0.3, 0.4) is 0 Å². The standard InChI is InChI=1S/C19H27N3O2/c1-11(2)21-18(23)19(5,6)10-24-15-9-7-8-14-16(15)17(20)12(3)13(4)22-14/h7-9,11H,10H2,1-6H3,(H2,20,22)(H,21,23). The van der Waals surface area contributed by atoms with Gasteiger partial charge in [0.1, 0.15) is 12.4 Å². The van der Waals surface area contributed by atoms with Gasteiger partial charge in [-0.1, -0.05) is 6.07 Å². The molecule has 5 nitrogen and oxygen atoms in total. The van der Waals surface area contributed by atoms with Gasteiger partial charge in [0.05, 0.1) is 16.3 Å². The van der Waals surface area contributed by atoms with Crippen LogP contribution in [0.25, 0.3) is 10.9 Å². The number of hydrogen-bond donors (Lipinski definition) is 2. The third kappa shape index (κ3) is 3.61. The van der Waals surface area contributed by atoms with Crippen molar-refractivity contribution in [2.75, 3.05) is 12.3 Å². The van der Waals surface area contributed by atoms with E-state index in [1.54, 1.807) is 0 Å². The molecule has 130 valence electrons. The molecular weight excluding hydrogens is 302 g/mol. The van der Waals surface area contributed by atoms with Crippen LogP contribution in [0.2, 0.25) is 0 Å². The molecule has 1 aromatic carbocycles. The maximum atomic E-state index is 12.3. The number of amides is 1. The average molecular weight is 329 g/mol. The van der Waals surface area contributed by atoms with E-state index in [1.807, 2.05) is 59.7 Å². The minimum Gasteiger partial charge on any atom is -0.492 e. The maximum absolute atomic E-state index is 12.3. The largest absolute Gasteiger partial charge is 0.492 e. The molecule has 0 bridgehead atoms. The minimum absolute atomic E-state index is 0.0316. The van der Waals surface area contributed by atoms with Crippen molar-refractivity contribution < 1.29 is 9.53 Å². The second-order valence-corrected chi connectivity index (χ2v) is 7.19. The van der Waals surface area contributed by atoms with Crippen LogP contribution in [-0.4, -0.2) is 23.5 Å². The Morgan fingerprint density at radius 2 is 2.00 bits per heavy atom. The summed E-state index contributed by atoms with van der Waals surface area (Å²) in [4.78, 5) is 16.9. The molecule has 0 radical (unpaired) electrons. The summed E-state index contributed by atoms with van der Waals surface area (Å²) in [6.45, 7) is 11.8. The SMILES string of the molecule is Cc1nc2cccc(OCC(C)(C)C(=O)NC(C)C)c2c(N)c1C. The normalized spacial score (nSPS) is 11.8. The molecule has 0 aliphatic heterocycles. The molecule has 0 unspecified atom stereocenters. The van der Waals surface area contributed by atoms with E-state index in [0.717, 1.165) is 22.2 Å². The van der Waals surface area contributed by atoms with E-state index in [1.165, 1.54) is 0 Å². The number of nitrogens with one attached hydrogen (secondary N) is 1. The van der Waals surface area contributed by atoms with Gasteiger partial charge in [-0.2, -0.15) is 0 Å². The van der Waals surface area contributed by atoms with E-state index in [9.17, 15) is 4.79 Å². The van der Waals surface area contributed by atoms with Crippen LogP contribution in [-0.2, 0) is 4.79 Å². The predicted molar refractivity (Wildman–Crippen MR) is 98.2 cm³/mol. The molecule has 0 saturated heterocycles. The zero-order chi connectivity index (χ0) is 18.1. The van der Waals surface area contributed by atoms with Gasteiger partial charge in [0.15, 0.2) is 0 Å². The highest BCUT2D eigenvalue weighted by molar-refractivity contribution is 5.97. The van der Waals surface area contributed by atoms with Crippen LogP contribution >= 0.6 is 0 Å². The van der Waals surface area contributed by atoms with Gasteiger partial charge in [0.25, 0.3) is 0 Å². The van der Waals surface area contributed by atoms with E-state index in [0.29, 0.717) is 11.4 Å². The van der Waals surface area contributed by atoms with Crippen molar-refractivity contribution in [3.05, 3.63) is 29.5 Å². The van der Waals surface area contributed by atoms with Crippen LogP contribution in [0.1, 0.15) is 39.0 Å². The molecule has 24 heavy (non-hydrogen) atoms. The summed E-state index contributed by atoms with van der Waals surface area (Å²) < 4.78 is 5.98. The Morgan fingerprint density at radius 1 is 1.33 bits per heavy atom. The first kappa shape index (κ1) is 18.0. The second kappa shape index (κ2) is 6.67. The fourth-order valence-corrected chi connectivity index (χ4v) is 2.43. The molecule has 1 amide bonds. The van der Waals surface area contributed by atoms with Crippen LogP contribution in [0.15, 0.2) is 18.2 Å². The number of nitrogens with zero attached hydrogens (tertiary/aromatic N) is 1. The first-order chi connectivity index (χ1) is 11.1. The van der Waals surface area contributed by atoms with Crippen molar-refractivity contribution in [2.24, 2.45) is 5.41 Å². The molecule has 2 rings (SSSR count). The van der Waals surface area contributed by atoms with Gasteiger partial charge < -0.3 is 15.8 Å². The third-order valence-corrected chi connectivity index (χ3v) is 4.13. The third-order valence-electron chi connectivity index (χ3n) is 4.13. The lowest BCUT2D eigenvalue weighted by Gasteiger charge is -2.25. The van der Waals surface area contributed by atoms with Crippen molar-refractivity contribution in [2.45, 2.75) is 47.6 Å². The number of aromatic nitrogens is 1. The van der Waals surface area contributed by atoms with Gasteiger partial charge in [-0.3, -0.25) is 9.78 Å². The van der Waals surface area contributed by atoms with E-state index in [-0.39, 0.29) is 18.6 Å². The summed E-state index contributed by atoms with van der Waals surface area (Å²) in [5.74, 6) is 0.627. The Labute approximate surface area is 143 Å². The van der Waals surface area contributed by atoms with Gasteiger partial charge in [0, 0.05) is 17.4 Å². The first-order valence-corrected chi connectivity index (χ1v) is 8.22. The number of aryl methyl sites for hydroxylation is 1. The molecular formula is C19H27N3O2. The van der Waals surface area contributed by atoms with Crippen LogP contribution in [0, 0.1) is 19.3 Å². The summed E-state index contributed by atoms with van der Waals surface area (Å²) >= 11 is 0. The highest BCUT2D eigenvalue weighted by atomic mass is 16.5. The maximum Gasteiger partial charge on any atom is 0.229 e. The summed E-state index contributed by atoms with van der Waals surface area (Å²) in [7, 11) is 0. The van der Waals surface area contributed by atoms with Crippen molar-refractivity contribution in [1.29, 1.82) is 0 Å². The number of carbonyl (C=O) groups is 1. The molecule has 0 spiro atoms. The monoisotopic (exact) mass is 329 g/mol. The van der Waals surface area contributed by atoms with Gasteiger partial charge in [-0.15, -0.1) is 0 Å². The molecule has 2 aromatic rings. The Morgan fingerprint density at radius 3 is 2.62 bits per heavy atom. The number of anilines is 1. The Bertz CT molecular complexity index is 767. The number of benzene rings is 1. The van der Waals surface area contributed by atoms with Gasteiger partial charge in [-0.05, 0) is 59.2 Å². The zero-order valence-electron chi connectivity index (χ0n) is 15.4. The lowest BCUT2D eigenvalue weighted by Crippen LogP contribution is -2.43. The fraction of sp³-hybridized carbons (Fsp3) is 0.474. The molecule has 0 fully saturated rings. The number of ether oxygens (including phenoxy) is 1. The number of rotatable bonds is 5. The van der Waals surface area contributed by atoms with Crippen LogP contribution < -0.4 is 15.8 Å². The molecule has 1 aromatic heterocycles. The topological polar surface area (TPSA) is 77.2 Å². The molecule has 0 aliphatic carbocycles. The number of nitrogen functional groups attached to an aromatic ring is 1. The van der Waals surface area contributed by atoms with Crippen molar-refractivity contribution in [3.8, 4) is 5.75 Å². The minimum atomic E-state index is -0.644. The predicted octanol–water partition coefficient (Wildman–Crippen LogP) is 3.36. The smallest absolute Gasteiger partial charge is 0.229 e. The van der Waals surface area contributed by atoms with E-state index < -0.39 is 5.41 Å². The van der Waals surface area contributed by atoms with E-state index in [4.69, 9.17) is 10.5 Å². The lowest BCUT2D eigenvalue weighted by molar-refractivity contribution is -0.131. The summed E-state index contributed by atoms with van der Waals surface area (Å²) in [5.41, 5.74) is 8.99. The average Bonchev–Trinajstić information content (AvgIpc) is 2.49. The van der Waals surface area contributed by atoms with E-state index in [2.05, 4.69) is 10.3 Å². The second-order valence-electron chi connectivity index (χ2n) is 7.19. The van der Waals surface area contributed by atoms with Crippen molar-refractivity contribution >= 4 is 22.5 Å². The quantitative estimate of drug-likeness (QED) is 0.882. The number of fused-ring (bicyclic) bond motifs is 1. The van der Waals surface area contributed by atoms with Crippen molar-refractivity contribution in [1.82, 2.24) is 10.3 Å². The molecule has 0 atom stereocenters. The number of pyridine rings is 1. The highest BCUT2D eigenvalue weighted by Crippen LogP contribution is 2.33.